The van der Waals surface area contributed by atoms with Crippen LogP contribution in [0.1, 0.15) is 19.8 Å². The number of aromatic nitrogens is 2. The van der Waals surface area contributed by atoms with Crippen LogP contribution in [0.15, 0.2) is 29.6 Å². The molecule has 1 amide bonds. The fourth-order valence-corrected chi connectivity index (χ4v) is 4.64. The Labute approximate surface area is 164 Å². The predicted molar refractivity (Wildman–Crippen MR) is 109 cm³/mol. The molecule has 0 N–H and O–H groups in total. The quantitative estimate of drug-likeness (QED) is 0.810. The Morgan fingerprint density at radius 1 is 1.07 bits per heavy atom. The summed E-state index contributed by atoms with van der Waals surface area (Å²) in [4.78, 5) is 20.7. The molecule has 0 spiro atoms. The maximum Gasteiger partial charge on any atom is 0.225 e. The monoisotopic (exact) mass is 385 g/mol. The lowest BCUT2D eigenvalue weighted by Crippen LogP contribution is -2.51. The molecular formula is C20H27N5OS. The van der Waals surface area contributed by atoms with Crippen molar-refractivity contribution in [2.24, 2.45) is 5.92 Å². The fourth-order valence-electron chi connectivity index (χ4n) is 3.95. The van der Waals surface area contributed by atoms with Crippen molar-refractivity contribution in [3.05, 3.63) is 29.6 Å². The summed E-state index contributed by atoms with van der Waals surface area (Å²) in [7, 11) is 0. The molecule has 0 atom stereocenters. The first-order valence-corrected chi connectivity index (χ1v) is 10.8. The first-order valence-electron chi connectivity index (χ1n) is 9.88. The van der Waals surface area contributed by atoms with E-state index in [1.807, 2.05) is 18.2 Å². The maximum atomic E-state index is 12.8. The second kappa shape index (κ2) is 8.35. The highest BCUT2D eigenvalue weighted by molar-refractivity contribution is 7.13. The minimum atomic E-state index is 0.160. The van der Waals surface area contributed by atoms with Crippen LogP contribution in [0.5, 0.6) is 0 Å². The molecule has 6 nitrogen and oxygen atoms in total. The molecule has 2 aromatic rings. The average molecular weight is 386 g/mol. The molecule has 4 rings (SSSR count). The first-order chi connectivity index (χ1) is 13.2. The van der Waals surface area contributed by atoms with Crippen LogP contribution in [0.4, 0.5) is 5.82 Å². The SMILES string of the molecule is CCN1CCN(C(=O)C2CCN(c3ccc(-c4cccs4)nn3)CC2)CC1. The smallest absolute Gasteiger partial charge is 0.225 e. The number of piperazine rings is 1. The van der Waals surface area contributed by atoms with Crippen molar-refractivity contribution in [1.82, 2.24) is 20.0 Å². The summed E-state index contributed by atoms with van der Waals surface area (Å²) in [6, 6.07) is 8.18. The van der Waals surface area contributed by atoms with Crippen LogP contribution >= 0.6 is 11.3 Å². The van der Waals surface area contributed by atoms with Crippen molar-refractivity contribution in [3.63, 3.8) is 0 Å². The van der Waals surface area contributed by atoms with E-state index in [4.69, 9.17) is 0 Å². The van der Waals surface area contributed by atoms with E-state index in [1.165, 1.54) is 0 Å². The molecule has 0 radical (unpaired) electrons. The normalized spacial score (nSPS) is 19.4. The third kappa shape index (κ3) is 4.14. The predicted octanol–water partition coefficient (Wildman–Crippen LogP) is 2.59. The van der Waals surface area contributed by atoms with Gasteiger partial charge in [0, 0.05) is 45.2 Å². The van der Waals surface area contributed by atoms with Gasteiger partial charge in [-0.3, -0.25) is 4.79 Å². The number of carbonyl (C=O) groups excluding carboxylic acids is 1. The van der Waals surface area contributed by atoms with Crippen molar-refractivity contribution < 1.29 is 4.79 Å². The van der Waals surface area contributed by atoms with E-state index in [-0.39, 0.29) is 5.92 Å². The molecule has 2 aliphatic rings. The molecule has 0 unspecified atom stereocenters. The molecule has 2 fully saturated rings. The van der Waals surface area contributed by atoms with Gasteiger partial charge in [-0.25, -0.2) is 0 Å². The van der Waals surface area contributed by atoms with Gasteiger partial charge in [0.2, 0.25) is 5.91 Å². The van der Waals surface area contributed by atoms with Gasteiger partial charge in [0.05, 0.1) is 4.88 Å². The number of nitrogens with zero attached hydrogens (tertiary/aromatic N) is 5. The number of anilines is 1. The van der Waals surface area contributed by atoms with Crippen molar-refractivity contribution in [3.8, 4) is 10.6 Å². The highest BCUT2D eigenvalue weighted by Gasteiger charge is 2.30. The standard InChI is InChI=1S/C20H27N5OS/c1-2-23-11-13-25(14-12-23)20(26)16-7-9-24(10-8-16)19-6-5-17(21-22-19)18-4-3-15-27-18/h3-6,15-16H,2,7-14H2,1H3. The van der Waals surface area contributed by atoms with E-state index in [0.29, 0.717) is 5.91 Å². The molecule has 0 saturated carbocycles. The minimum Gasteiger partial charge on any atom is -0.355 e. The van der Waals surface area contributed by atoms with E-state index in [0.717, 1.165) is 75.0 Å². The number of carbonyl (C=O) groups is 1. The number of piperidine rings is 1. The molecular weight excluding hydrogens is 358 g/mol. The summed E-state index contributed by atoms with van der Waals surface area (Å²) in [5, 5.41) is 10.8. The zero-order valence-corrected chi connectivity index (χ0v) is 16.7. The molecule has 4 heterocycles. The van der Waals surface area contributed by atoms with E-state index >= 15 is 0 Å². The van der Waals surface area contributed by atoms with Crippen LogP contribution in [0.25, 0.3) is 10.6 Å². The second-order valence-electron chi connectivity index (χ2n) is 7.27. The van der Waals surface area contributed by atoms with Gasteiger partial charge >= 0.3 is 0 Å². The van der Waals surface area contributed by atoms with Crippen molar-refractivity contribution in [2.75, 3.05) is 50.7 Å². The molecule has 0 bridgehead atoms. The molecule has 144 valence electrons. The Morgan fingerprint density at radius 3 is 2.44 bits per heavy atom. The summed E-state index contributed by atoms with van der Waals surface area (Å²) in [5.74, 6) is 1.43. The summed E-state index contributed by atoms with van der Waals surface area (Å²) in [5.41, 5.74) is 0.921. The Hall–Kier alpha value is -1.99. The van der Waals surface area contributed by atoms with Crippen LogP contribution in [0.2, 0.25) is 0 Å². The van der Waals surface area contributed by atoms with Crippen molar-refractivity contribution in [1.29, 1.82) is 0 Å². The molecule has 2 saturated heterocycles. The molecule has 0 aliphatic carbocycles. The van der Waals surface area contributed by atoms with Crippen molar-refractivity contribution in [2.45, 2.75) is 19.8 Å². The summed E-state index contributed by atoms with van der Waals surface area (Å²) >= 11 is 1.67. The highest BCUT2D eigenvalue weighted by Crippen LogP contribution is 2.26. The van der Waals surface area contributed by atoms with Gasteiger partial charge in [-0.05, 0) is 43.0 Å². The van der Waals surface area contributed by atoms with Gasteiger partial charge in [0.1, 0.15) is 5.69 Å². The lowest BCUT2D eigenvalue weighted by molar-refractivity contribution is -0.137. The summed E-state index contributed by atoms with van der Waals surface area (Å²) in [6.45, 7) is 8.78. The van der Waals surface area contributed by atoms with Gasteiger partial charge < -0.3 is 14.7 Å². The Balaban J connectivity index is 1.30. The van der Waals surface area contributed by atoms with Gasteiger partial charge in [-0.15, -0.1) is 21.5 Å². The van der Waals surface area contributed by atoms with Crippen LogP contribution in [0, 0.1) is 5.92 Å². The number of rotatable bonds is 4. The number of amides is 1. The largest absolute Gasteiger partial charge is 0.355 e. The minimum absolute atomic E-state index is 0.160. The molecule has 27 heavy (non-hydrogen) atoms. The molecule has 7 heteroatoms. The topological polar surface area (TPSA) is 52.6 Å². The Morgan fingerprint density at radius 2 is 1.85 bits per heavy atom. The van der Waals surface area contributed by atoms with E-state index in [1.54, 1.807) is 11.3 Å². The van der Waals surface area contributed by atoms with Gasteiger partial charge in [0.25, 0.3) is 0 Å². The lowest BCUT2D eigenvalue weighted by atomic mass is 9.95. The average Bonchev–Trinajstić information content (AvgIpc) is 3.28. The van der Waals surface area contributed by atoms with E-state index < -0.39 is 0 Å². The van der Waals surface area contributed by atoms with Crippen molar-refractivity contribution >= 4 is 23.1 Å². The number of hydrogen-bond donors (Lipinski definition) is 0. The number of hydrogen-bond acceptors (Lipinski definition) is 6. The zero-order valence-electron chi connectivity index (χ0n) is 15.9. The molecule has 2 aliphatic heterocycles. The van der Waals surface area contributed by atoms with Crippen LogP contribution < -0.4 is 4.90 Å². The summed E-state index contributed by atoms with van der Waals surface area (Å²) in [6.07, 6.45) is 1.81. The zero-order chi connectivity index (χ0) is 18.6. The van der Waals surface area contributed by atoms with Crippen LogP contribution in [-0.4, -0.2) is 71.7 Å². The van der Waals surface area contributed by atoms with Gasteiger partial charge in [-0.2, -0.15) is 0 Å². The Bertz CT molecular complexity index is 732. The second-order valence-corrected chi connectivity index (χ2v) is 8.22. The number of likely N-dealkylation sites (N-methyl/N-ethyl adjacent to an activating group) is 1. The number of thiophene rings is 1. The van der Waals surface area contributed by atoms with Crippen LogP contribution in [-0.2, 0) is 4.79 Å². The van der Waals surface area contributed by atoms with Gasteiger partial charge in [-0.1, -0.05) is 13.0 Å². The first kappa shape index (κ1) is 18.4. The molecule has 2 aromatic heterocycles. The van der Waals surface area contributed by atoms with E-state index in [2.05, 4.69) is 43.3 Å². The Kier molecular flexibility index (Phi) is 5.69. The van der Waals surface area contributed by atoms with E-state index in [9.17, 15) is 4.79 Å². The van der Waals surface area contributed by atoms with Crippen LogP contribution in [0.3, 0.4) is 0 Å². The highest BCUT2D eigenvalue weighted by atomic mass is 32.1. The molecule has 0 aromatic carbocycles. The third-order valence-corrected chi connectivity index (χ3v) is 6.62. The lowest BCUT2D eigenvalue weighted by Gasteiger charge is -2.38. The fraction of sp³-hybridized carbons (Fsp3) is 0.550. The maximum absolute atomic E-state index is 12.8. The summed E-state index contributed by atoms with van der Waals surface area (Å²) < 4.78 is 0. The third-order valence-electron chi connectivity index (χ3n) is 5.72. The van der Waals surface area contributed by atoms with Gasteiger partial charge in [0.15, 0.2) is 5.82 Å².